The molecule has 3 atom stereocenters. The van der Waals surface area contributed by atoms with Gasteiger partial charge in [0.2, 0.25) is 0 Å². The molecule has 21 heavy (non-hydrogen) atoms. The van der Waals surface area contributed by atoms with E-state index in [9.17, 15) is 8.42 Å². The second kappa shape index (κ2) is 7.42. The van der Waals surface area contributed by atoms with Gasteiger partial charge >= 0.3 is 0 Å². The highest BCUT2D eigenvalue weighted by molar-refractivity contribution is 7.92. The van der Waals surface area contributed by atoms with Gasteiger partial charge in [-0.1, -0.05) is 27.2 Å². The number of nitrogens with zero attached hydrogens (tertiary/aromatic N) is 1. The van der Waals surface area contributed by atoms with Gasteiger partial charge in [-0.3, -0.25) is 4.90 Å². The zero-order valence-corrected chi connectivity index (χ0v) is 15.5. The van der Waals surface area contributed by atoms with Crippen LogP contribution in [0.5, 0.6) is 0 Å². The van der Waals surface area contributed by atoms with Crippen LogP contribution in [0.15, 0.2) is 0 Å². The van der Waals surface area contributed by atoms with E-state index in [-0.39, 0.29) is 5.75 Å². The van der Waals surface area contributed by atoms with Crippen LogP contribution in [-0.4, -0.2) is 55.5 Å². The number of nitrogens with one attached hydrogen (secondary N) is 1. The molecule has 0 bridgehead atoms. The van der Waals surface area contributed by atoms with E-state index in [1.165, 1.54) is 0 Å². The normalized spacial score (nSPS) is 26.8. The van der Waals surface area contributed by atoms with Crippen molar-refractivity contribution in [3.8, 4) is 0 Å². The molecule has 0 aliphatic carbocycles. The first kappa shape index (κ1) is 18.9. The third kappa shape index (κ3) is 4.93. The summed E-state index contributed by atoms with van der Waals surface area (Å²) in [5, 5.41) is 3.64. The minimum absolute atomic E-state index is 0.264. The number of sulfone groups is 1. The van der Waals surface area contributed by atoms with Crippen molar-refractivity contribution in [1.82, 2.24) is 10.2 Å². The van der Waals surface area contributed by atoms with Crippen molar-refractivity contribution < 1.29 is 8.42 Å². The summed E-state index contributed by atoms with van der Waals surface area (Å²) in [5.41, 5.74) is 0. The Kier molecular flexibility index (Phi) is 6.69. The fraction of sp³-hybridized carbons (Fsp3) is 1.00. The number of piperazine rings is 1. The van der Waals surface area contributed by atoms with E-state index in [2.05, 4.69) is 31.0 Å². The molecule has 0 spiro atoms. The molecular weight excluding hydrogens is 284 g/mol. The second-order valence-electron chi connectivity index (χ2n) is 7.39. The zero-order chi connectivity index (χ0) is 16.3. The minimum Gasteiger partial charge on any atom is -0.311 e. The van der Waals surface area contributed by atoms with Crippen molar-refractivity contribution in [2.75, 3.05) is 25.4 Å². The van der Waals surface area contributed by atoms with E-state index in [4.69, 9.17) is 0 Å². The largest absolute Gasteiger partial charge is 0.311 e. The predicted octanol–water partition coefficient (Wildman–Crippen LogP) is 2.30. The molecule has 1 N–H and O–H groups in total. The van der Waals surface area contributed by atoms with Crippen LogP contribution in [0.3, 0.4) is 0 Å². The maximum Gasteiger partial charge on any atom is 0.156 e. The summed E-state index contributed by atoms with van der Waals surface area (Å²) in [6.07, 6.45) is 2.22. The second-order valence-corrected chi connectivity index (χ2v) is 10.3. The van der Waals surface area contributed by atoms with Gasteiger partial charge in [-0.05, 0) is 33.1 Å². The molecule has 1 aliphatic rings. The highest BCUT2D eigenvalue weighted by Crippen LogP contribution is 2.20. The Bertz CT molecular complexity index is 414. The van der Waals surface area contributed by atoms with E-state index in [0.29, 0.717) is 24.5 Å². The first-order chi connectivity index (χ1) is 9.62. The van der Waals surface area contributed by atoms with Crippen LogP contribution in [0.4, 0.5) is 0 Å². The molecule has 126 valence electrons. The highest BCUT2D eigenvalue weighted by Gasteiger charge is 2.33. The van der Waals surface area contributed by atoms with Crippen molar-refractivity contribution in [2.45, 2.75) is 71.2 Å². The summed E-state index contributed by atoms with van der Waals surface area (Å²) in [7, 11) is -3.03. The molecule has 1 saturated heterocycles. The number of rotatable bonds is 6. The van der Waals surface area contributed by atoms with Crippen molar-refractivity contribution in [2.24, 2.45) is 5.92 Å². The highest BCUT2D eigenvalue weighted by atomic mass is 32.2. The molecule has 0 aromatic rings. The Morgan fingerprint density at radius 1 is 1.29 bits per heavy atom. The van der Waals surface area contributed by atoms with E-state index in [1.54, 1.807) is 20.8 Å². The molecule has 1 aliphatic heterocycles. The van der Waals surface area contributed by atoms with E-state index in [0.717, 1.165) is 25.9 Å². The first-order valence-corrected chi connectivity index (χ1v) is 9.97. The molecule has 1 rings (SSSR count). The predicted molar refractivity (Wildman–Crippen MR) is 90.4 cm³/mol. The Hall–Kier alpha value is -0.130. The summed E-state index contributed by atoms with van der Waals surface area (Å²) in [4.78, 5) is 2.39. The molecule has 0 saturated carbocycles. The van der Waals surface area contributed by atoms with Crippen LogP contribution in [0.1, 0.15) is 54.4 Å². The lowest BCUT2D eigenvalue weighted by atomic mass is 9.95. The fourth-order valence-electron chi connectivity index (χ4n) is 2.77. The lowest BCUT2D eigenvalue weighted by Crippen LogP contribution is -2.59. The fourth-order valence-corrected chi connectivity index (χ4v) is 3.86. The summed E-state index contributed by atoms with van der Waals surface area (Å²) in [6.45, 7) is 14.6. The van der Waals surface area contributed by atoms with Gasteiger partial charge < -0.3 is 5.32 Å². The van der Waals surface area contributed by atoms with Crippen LogP contribution < -0.4 is 5.32 Å². The van der Waals surface area contributed by atoms with Gasteiger partial charge in [0.15, 0.2) is 9.84 Å². The average Bonchev–Trinajstić information content (AvgIpc) is 2.42. The Morgan fingerprint density at radius 2 is 1.90 bits per heavy atom. The quantitative estimate of drug-likeness (QED) is 0.816. The third-order valence-electron chi connectivity index (χ3n) is 4.95. The van der Waals surface area contributed by atoms with Gasteiger partial charge in [-0.2, -0.15) is 0 Å². The summed E-state index contributed by atoms with van der Waals surface area (Å²) >= 11 is 0. The van der Waals surface area contributed by atoms with Gasteiger partial charge in [-0.25, -0.2) is 8.42 Å². The maximum absolute atomic E-state index is 12.3. The molecule has 4 nitrogen and oxygen atoms in total. The van der Waals surface area contributed by atoms with Crippen LogP contribution in [-0.2, 0) is 9.84 Å². The molecule has 0 aromatic heterocycles. The van der Waals surface area contributed by atoms with Crippen LogP contribution in [0, 0.1) is 5.92 Å². The van der Waals surface area contributed by atoms with Crippen molar-refractivity contribution in [3.63, 3.8) is 0 Å². The van der Waals surface area contributed by atoms with Crippen molar-refractivity contribution in [1.29, 1.82) is 0 Å². The molecule has 0 aromatic carbocycles. The minimum atomic E-state index is -3.03. The Labute approximate surface area is 131 Å². The molecular formula is C16H34N2O2S. The van der Waals surface area contributed by atoms with Gasteiger partial charge in [0.05, 0.1) is 10.5 Å². The van der Waals surface area contributed by atoms with Crippen molar-refractivity contribution >= 4 is 9.84 Å². The monoisotopic (exact) mass is 318 g/mol. The molecule has 0 amide bonds. The van der Waals surface area contributed by atoms with Crippen LogP contribution >= 0.6 is 0 Å². The maximum atomic E-state index is 12.3. The number of hydrogen-bond donors (Lipinski definition) is 1. The molecule has 5 heteroatoms. The van der Waals surface area contributed by atoms with Gasteiger partial charge in [0.25, 0.3) is 0 Å². The number of hydrogen-bond acceptors (Lipinski definition) is 4. The first-order valence-electron chi connectivity index (χ1n) is 8.32. The standard InChI is InChI=1S/C16H34N2O2S/c1-7-13(3)15-12-18(14(8-2)11-17-15)9-10-21(19,20)16(4,5)6/h13-15,17H,7-12H2,1-6H3. The molecule has 3 unspecified atom stereocenters. The molecule has 0 radical (unpaired) electrons. The van der Waals surface area contributed by atoms with E-state index >= 15 is 0 Å². The van der Waals surface area contributed by atoms with Gasteiger partial charge in [0, 0.05) is 31.7 Å². The Morgan fingerprint density at radius 3 is 2.38 bits per heavy atom. The van der Waals surface area contributed by atoms with E-state index < -0.39 is 14.6 Å². The molecule has 1 fully saturated rings. The zero-order valence-electron chi connectivity index (χ0n) is 14.6. The third-order valence-corrected chi connectivity index (χ3v) is 7.53. The van der Waals surface area contributed by atoms with Gasteiger partial charge in [0.1, 0.15) is 0 Å². The lowest BCUT2D eigenvalue weighted by Gasteiger charge is -2.42. The lowest BCUT2D eigenvalue weighted by molar-refractivity contribution is 0.113. The Balaban J connectivity index is 2.69. The summed E-state index contributed by atoms with van der Waals surface area (Å²) < 4.78 is 24.0. The summed E-state index contributed by atoms with van der Waals surface area (Å²) in [5.74, 6) is 0.893. The van der Waals surface area contributed by atoms with Crippen molar-refractivity contribution in [3.05, 3.63) is 0 Å². The molecule has 1 heterocycles. The smallest absolute Gasteiger partial charge is 0.156 e. The SMILES string of the molecule is CCC(C)C1CN(CCS(=O)(=O)C(C)(C)C)C(CC)CN1. The summed E-state index contributed by atoms with van der Waals surface area (Å²) in [6, 6.07) is 0.940. The topological polar surface area (TPSA) is 49.4 Å². The average molecular weight is 319 g/mol. The van der Waals surface area contributed by atoms with E-state index in [1.807, 2.05) is 0 Å². The van der Waals surface area contributed by atoms with Crippen LogP contribution in [0.25, 0.3) is 0 Å². The van der Waals surface area contributed by atoms with Crippen LogP contribution in [0.2, 0.25) is 0 Å². The van der Waals surface area contributed by atoms with Gasteiger partial charge in [-0.15, -0.1) is 0 Å².